The molecule has 1 atom stereocenters. The van der Waals surface area contributed by atoms with Crippen LogP contribution in [-0.4, -0.2) is 37.0 Å². The van der Waals surface area contributed by atoms with Gasteiger partial charge in [0.1, 0.15) is 12.3 Å². The fourth-order valence-corrected chi connectivity index (χ4v) is 2.42. The highest BCUT2D eigenvalue weighted by molar-refractivity contribution is 5.96. The first-order valence-corrected chi connectivity index (χ1v) is 8.88. The van der Waals surface area contributed by atoms with Crippen LogP contribution in [-0.2, 0) is 19.1 Å². The summed E-state index contributed by atoms with van der Waals surface area (Å²) < 4.78 is 10.4. The Labute approximate surface area is 164 Å². The standard InChI is InChI=1S/C21H24N2O5/c1-14-8-7-9-15(2)20(14)23-21(26)16(3)28-19(25)12-22-18(24)13-27-17-10-5-4-6-11-17/h4-11,16H,12-13H2,1-3H3,(H,22,24)(H,23,26). The maximum absolute atomic E-state index is 12.3. The minimum absolute atomic E-state index is 0.222. The smallest absolute Gasteiger partial charge is 0.326 e. The van der Waals surface area contributed by atoms with Crippen molar-refractivity contribution in [3.05, 3.63) is 59.7 Å². The SMILES string of the molecule is Cc1cccc(C)c1NC(=O)C(C)OC(=O)CNC(=O)COc1ccccc1. The Morgan fingerprint density at radius 3 is 2.25 bits per heavy atom. The van der Waals surface area contributed by atoms with E-state index in [1.807, 2.05) is 38.1 Å². The molecule has 148 valence electrons. The summed E-state index contributed by atoms with van der Waals surface area (Å²) in [5, 5.41) is 5.16. The van der Waals surface area contributed by atoms with E-state index in [1.165, 1.54) is 6.92 Å². The van der Waals surface area contributed by atoms with Crippen molar-refractivity contribution in [2.45, 2.75) is 26.9 Å². The molecule has 2 N–H and O–H groups in total. The predicted octanol–water partition coefficient (Wildman–Crippen LogP) is 2.37. The third kappa shape index (κ3) is 6.42. The van der Waals surface area contributed by atoms with E-state index in [-0.39, 0.29) is 13.2 Å². The van der Waals surface area contributed by atoms with Gasteiger partial charge in [-0.25, -0.2) is 0 Å². The number of hydrogen-bond acceptors (Lipinski definition) is 5. The lowest BCUT2D eigenvalue weighted by Crippen LogP contribution is -2.37. The van der Waals surface area contributed by atoms with Crippen molar-refractivity contribution in [3.8, 4) is 5.75 Å². The predicted molar refractivity (Wildman–Crippen MR) is 105 cm³/mol. The minimum atomic E-state index is -0.996. The summed E-state index contributed by atoms with van der Waals surface area (Å²) in [6, 6.07) is 14.5. The minimum Gasteiger partial charge on any atom is -0.484 e. The number of nitrogens with one attached hydrogen (secondary N) is 2. The fraction of sp³-hybridized carbons (Fsp3) is 0.286. The maximum Gasteiger partial charge on any atom is 0.326 e. The molecule has 0 saturated carbocycles. The number of anilines is 1. The van der Waals surface area contributed by atoms with Crippen LogP contribution in [0.3, 0.4) is 0 Å². The van der Waals surface area contributed by atoms with Crippen LogP contribution < -0.4 is 15.4 Å². The number of rotatable bonds is 8. The van der Waals surface area contributed by atoms with E-state index >= 15 is 0 Å². The molecule has 0 aliphatic carbocycles. The molecule has 28 heavy (non-hydrogen) atoms. The molecule has 0 heterocycles. The lowest BCUT2D eigenvalue weighted by atomic mass is 10.1. The zero-order chi connectivity index (χ0) is 20.5. The van der Waals surface area contributed by atoms with Crippen molar-refractivity contribution in [2.75, 3.05) is 18.5 Å². The molecule has 2 aromatic rings. The van der Waals surface area contributed by atoms with E-state index in [0.29, 0.717) is 11.4 Å². The van der Waals surface area contributed by atoms with Gasteiger partial charge in [-0.2, -0.15) is 0 Å². The molecular weight excluding hydrogens is 360 g/mol. The number of aryl methyl sites for hydroxylation is 2. The van der Waals surface area contributed by atoms with E-state index < -0.39 is 23.9 Å². The van der Waals surface area contributed by atoms with Gasteiger partial charge in [0, 0.05) is 5.69 Å². The second kappa shape index (κ2) is 10.1. The summed E-state index contributed by atoms with van der Waals surface area (Å²) in [6.45, 7) is 4.66. The summed E-state index contributed by atoms with van der Waals surface area (Å²) in [5.41, 5.74) is 2.52. The molecule has 7 heteroatoms. The van der Waals surface area contributed by atoms with Crippen LogP contribution in [0.1, 0.15) is 18.1 Å². The molecule has 2 amide bonds. The van der Waals surface area contributed by atoms with Gasteiger partial charge in [-0.3, -0.25) is 14.4 Å². The van der Waals surface area contributed by atoms with E-state index in [9.17, 15) is 14.4 Å². The molecule has 0 saturated heterocycles. The zero-order valence-corrected chi connectivity index (χ0v) is 16.2. The first-order valence-electron chi connectivity index (χ1n) is 8.88. The van der Waals surface area contributed by atoms with Crippen LogP contribution in [0.2, 0.25) is 0 Å². The first-order chi connectivity index (χ1) is 13.4. The van der Waals surface area contributed by atoms with Gasteiger partial charge in [0.15, 0.2) is 12.7 Å². The van der Waals surface area contributed by atoms with Gasteiger partial charge >= 0.3 is 5.97 Å². The number of esters is 1. The second-order valence-corrected chi connectivity index (χ2v) is 6.27. The average Bonchev–Trinajstić information content (AvgIpc) is 2.68. The van der Waals surface area contributed by atoms with Crippen LogP contribution in [0.4, 0.5) is 5.69 Å². The van der Waals surface area contributed by atoms with Crippen LogP contribution in [0.5, 0.6) is 5.75 Å². The van der Waals surface area contributed by atoms with Crippen molar-refractivity contribution in [2.24, 2.45) is 0 Å². The van der Waals surface area contributed by atoms with E-state index in [0.717, 1.165) is 11.1 Å². The Hall–Kier alpha value is -3.35. The third-order valence-electron chi connectivity index (χ3n) is 3.95. The van der Waals surface area contributed by atoms with E-state index in [4.69, 9.17) is 9.47 Å². The summed E-state index contributed by atoms with van der Waals surface area (Å²) in [4.78, 5) is 35.9. The normalized spacial score (nSPS) is 11.2. The van der Waals surface area contributed by atoms with Crippen LogP contribution in [0.25, 0.3) is 0 Å². The van der Waals surface area contributed by atoms with Crippen molar-refractivity contribution in [1.29, 1.82) is 0 Å². The third-order valence-corrected chi connectivity index (χ3v) is 3.95. The molecule has 7 nitrogen and oxygen atoms in total. The Bertz CT molecular complexity index is 816. The molecule has 0 radical (unpaired) electrons. The van der Waals surface area contributed by atoms with E-state index in [1.54, 1.807) is 24.3 Å². The molecule has 0 aromatic heterocycles. The second-order valence-electron chi connectivity index (χ2n) is 6.27. The molecular formula is C21H24N2O5. The van der Waals surface area contributed by atoms with Gasteiger partial charge in [-0.1, -0.05) is 36.4 Å². The number of benzene rings is 2. The number of para-hydroxylation sites is 2. The van der Waals surface area contributed by atoms with Crippen molar-refractivity contribution >= 4 is 23.5 Å². The number of amides is 2. The summed E-state index contributed by atoms with van der Waals surface area (Å²) >= 11 is 0. The molecule has 1 unspecified atom stereocenters. The molecule has 2 aromatic carbocycles. The van der Waals surface area contributed by atoms with Crippen molar-refractivity contribution in [3.63, 3.8) is 0 Å². The Balaban J connectivity index is 1.74. The number of carbonyl (C=O) groups excluding carboxylic acids is 3. The van der Waals surface area contributed by atoms with Gasteiger partial charge in [-0.15, -0.1) is 0 Å². The Morgan fingerprint density at radius 1 is 0.964 bits per heavy atom. The first kappa shape index (κ1) is 21.0. The summed E-state index contributed by atoms with van der Waals surface area (Å²) in [7, 11) is 0. The molecule has 0 fully saturated rings. The highest BCUT2D eigenvalue weighted by atomic mass is 16.5. The molecule has 0 spiro atoms. The molecule has 0 aliphatic rings. The van der Waals surface area contributed by atoms with Crippen LogP contribution in [0, 0.1) is 13.8 Å². The van der Waals surface area contributed by atoms with Gasteiger partial charge in [0.25, 0.3) is 11.8 Å². The van der Waals surface area contributed by atoms with Gasteiger partial charge in [-0.05, 0) is 44.0 Å². The van der Waals surface area contributed by atoms with Gasteiger partial charge in [0.2, 0.25) is 0 Å². The van der Waals surface area contributed by atoms with Crippen molar-refractivity contribution < 1.29 is 23.9 Å². The van der Waals surface area contributed by atoms with Crippen molar-refractivity contribution in [1.82, 2.24) is 5.32 Å². The molecule has 0 aliphatic heterocycles. The topological polar surface area (TPSA) is 93.7 Å². The van der Waals surface area contributed by atoms with Gasteiger partial charge < -0.3 is 20.1 Å². The van der Waals surface area contributed by atoms with Gasteiger partial charge in [0.05, 0.1) is 0 Å². The molecule has 0 bridgehead atoms. The quantitative estimate of drug-likeness (QED) is 0.682. The highest BCUT2D eigenvalue weighted by Crippen LogP contribution is 2.19. The Kier molecular flexibility index (Phi) is 7.56. The van der Waals surface area contributed by atoms with Crippen LogP contribution in [0.15, 0.2) is 48.5 Å². The highest BCUT2D eigenvalue weighted by Gasteiger charge is 2.19. The Morgan fingerprint density at radius 2 is 1.61 bits per heavy atom. The lowest BCUT2D eigenvalue weighted by Gasteiger charge is -2.16. The van der Waals surface area contributed by atoms with Crippen LogP contribution >= 0.6 is 0 Å². The number of ether oxygens (including phenoxy) is 2. The largest absolute Gasteiger partial charge is 0.484 e. The summed E-state index contributed by atoms with van der Waals surface area (Å²) in [5.74, 6) is -1.06. The number of carbonyl (C=O) groups is 3. The maximum atomic E-state index is 12.3. The average molecular weight is 384 g/mol. The lowest BCUT2D eigenvalue weighted by molar-refractivity contribution is -0.152. The number of hydrogen-bond donors (Lipinski definition) is 2. The zero-order valence-electron chi connectivity index (χ0n) is 16.2. The van der Waals surface area contributed by atoms with E-state index in [2.05, 4.69) is 10.6 Å². The molecule has 2 rings (SSSR count). The fourth-order valence-electron chi connectivity index (χ4n) is 2.42. The summed E-state index contributed by atoms with van der Waals surface area (Å²) in [6.07, 6.45) is -0.996. The monoisotopic (exact) mass is 384 g/mol.